The number of hydrogen-bond acceptors (Lipinski definition) is 0. The van der Waals surface area contributed by atoms with Gasteiger partial charge in [0, 0.05) is 0 Å². The summed E-state index contributed by atoms with van der Waals surface area (Å²) in [6.07, 6.45) is 0. The molecular weight excluding hydrogens is 120 g/mol. The maximum atomic E-state index is 3.15. The molecule has 0 fully saturated rings. The van der Waals surface area contributed by atoms with Crippen LogP contribution < -0.4 is 0 Å². The van der Waals surface area contributed by atoms with Gasteiger partial charge in [-0.05, 0) is 23.1 Å². The predicted molar refractivity (Wildman–Crippen MR) is 42.8 cm³/mol. The summed E-state index contributed by atoms with van der Waals surface area (Å²) < 4.78 is 0. The average Bonchev–Trinajstić information content (AvgIpc) is 1.88. The van der Waals surface area contributed by atoms with Crippen molar-refractivity contribution in [2.75, 3.05) is 0 Å². The van der Waals surface area contributed by atoms with Crippen LogP contribution in [0.1, 0.15) is 26.3 Å². The van der Waals surface area contributed by atoms with Crippen LogP contribution in [-0.2, 0) is 5.41 Å². The Morgan fingerprint density at radius 3 is 1.90 bits per heavy atom. The molecule has 0 heterocycles. The van der Waals surface area contributed by atoms with Gasteiger partial charge in [-0.1, -0.05) is 39.0 Å². The van der Waals surface area contributed by atoms with E-state index in [9.17, 15) is 0 Å². The van der Waals surface area contributed by atoms with Gasteiger partial charge in [-0.3, -0.25) is 0 Å². The Labute approximate surface area is 62.9 Å². The molecule has 0 N–H and O–H groups in total. The Morgan fingerprint density at radius 1 is 1.10 bits per heavy atom. The topological polar surface area (TPSA) is 0 Å². The van der Waals surface area contributed by atoms with Gasteiger partial charge in [0.15, 0.2) is 0 Å². The Balaban J connectivity index is 2.97. The van der Waals surface area contributed by atoms with Crippen molar-refractivity contribution in [3.05, 3.63) is 35.9 Å². The Hall–Kier alpha value is -0.780. The smallest absolute Gasteiger partial charge is 0.0120 e. The molecule has 0 aromatic heterocycles. The van der Waals surface area contributed by atoms with Crippen LogP contribution >= 0.6 is 0 Å². The quantitative estimate of drug-likeness (QED) is 0.509. The van der Waals surface area contributed by atoms with Crippen molar-refractivity contribution in [2.45, 2.75) is 26.2 Å². The van der Waals surface area contributed by atoms with E-state index in [1.807, 2.05) is 18.2 Å². The number of benzene rings is 1. The van der Waals surface area contributed by atoms with Gasteiger partial charge in [0.1, 0.15) is 0 Å². The summed E-state index contributed by atoms with van der Waals surface area (Å²) in [5, 5.41) is 0. The number of rotatable bonds is 0. The minimum atomic E-state index is 0.182. The van der Waals surface area contributed by atoms with Gasteiger partial charge >= 0.3 is 0 Å². The summed E-state index contributed by atoms with van der Waals surface area (Å²) in [6.45, 7) is 6.49. The first-order valence-corrected chi connectivity index (χ1v) is 3.49. The van der Waals surface area contributed by atoms with Gasteiger partial charge in [-0.15, -0.1) is 0 Å². The van der Waals surface area contributed by atoms with E-state index < -0.39 is 0 Å². The molecule has 0 nitrogen and oxygen atoms in total. The van der Waals surface area contributed by atoms with Crippen LogP contribution in [0.15, 0.2) is 18.2 Å². The van der Waals surface area contributed by atoms with Crippen LogP contribution in [0.5, 0.6) is 0 Å². The maximum absolute atomic E-state index is 3.15. The second-order valence-corrected chi connectivity index (χ2v) is 3.44. The third-order valence-corrected chi connectivity index (χ3v) is 1.40. The van der Waals surface area contributed by atoms with E-state index in [0.717, 1.165) is 5.56 Å². The molecule has 0 saturated carbocycles. The third-order valence-electron chi connectivity index (χ3n) is 1.40. The summed E-state index contributed by atoms with van der Waals surface area (Å²) in [6, 6.07) is 12.1. The molecule has 0 unspecified atom stereocenters. The predicted octanol–water partition coefficient (Wildman–Crippen LogP) is 2.58. The van der Waals surface area contributed by atoms with E-state index in [2.05, 4.69) is 32.9 Å². The summed E-state index contributed by atoms with van der Waals surface area (Å²) in [5.74, 6) is 0. The maximum Gasteiger partial charge on any atom is -0.0120 e. The van der Waals surface area contributed by atoms with Crippen molar-refractivity contribution in [3.63, 3.8) is 0 Å². The van der Waals surface area contributed by atoms with Crippen LogP contribution in [0.3, 0.4) is 0 Å². The van der Waals surface area contributed by atoms with Crippen molar-refractivity contribution < 1.29 is 0 Å². The van der Waals surface area contributed by atoms with Gasteiger partial charge < -0.3 is 0 Å². The Bertz CT molecular complexity index is 191. The van der Waals surface area contributed by atoms with Gasteiger partial charge in [0.25, 0.3) is 0 Å². The molecule has 1 aromatic carbocycles. The molecule has 0 aliphatic carbocycles. The van der Waals surface area contributed by atoms with E-state index in [-0.39, 0.29) is 5.41 Å². The molecule has 0 spiro atoms. The van der Waals surface area contributed by atoms with Gasteiger partial charge in [-0.2, -0.15) is 0 Å². The second-order valence-electron chi connectivity index (χ2n) is 3.44. The fraction of sp³-hybridized carbons (Fsp3) is 0.400. The highest BCUT2D eigenvalue weighted by molar-refractivity contribution is 5.19. The lowest BCUT2D eigenvalue weighted by molar-refractivity contribution is 0.588. The molecule has 1 aromatic rings. The first-order chi connectivity index (χ1) is 4.61. The fourth-order valence-corrected chi connectivity index (χ4v) is 0.786. The average molecular weight is 132 g/mol. The molecule has 1 rings (SSSR count). The zero-order valence-corrected chi connectivity index (χ0v) is 6.73. The normalized spacial score (nSPS) is 11.5. The third kappa shape index (κ3) is 1.60. The van der Waals surface area contributed by atoms with Gasteiger partial charge in [0.2, 0.25) is 0 Å². The summed E-state index contributed by atoms with van der Waals surface area (Å²) in [7, 11) is 0. The Kier molecular flexibility index (Phi) is 1.80. The molecule has 10 heavy (non-hydrogen) atoms. The van der Waals surface area contributed by atoms with Crippen LogP contribution in [0.2, 0.25) is 0 Å². The molecule has 0 aliphatic heterocycles. The van der Waals surface area contributed by atoms with Crippen LogP contribution in [0.4, 0.5) is 0 Å². The molecule has 0 atom stereocenters. The lowest BCUT2D eigenvalue weighted by Crippen LogP contribution is -2.10. The van der Waals surface area contributed by atoms with E-state index in [1.165, 1.54) is 0 Å². The lowest BCUT2D eigenvalue weighted by Gasteiger charge is -2.17. The molecule has 0 aliphatic rings. The van der Waals surface area contributed by atoms with Gasteiger partial charge in [0.05, 0.1) is 0 Å². The van der Waals surface area contributed by atoms with Crippen LogP contribution in [-0.4, -0.2) is 0 Å². The molecule has 0 amide bonds. The van der Waals surface area contributed by atoms with Crippen molar-refractivity contribution in [2.24, 2.45) is 0 Å². The van der Waals surface area contributed by atoms with Crippen LogP contribution in [0, 0.1) is 12.1 Å². The van der Waals surface area contributed by atoms with Crippen molar-refractivity contribution in [3.8, 4) is 0 Å². The van der Waals surface area contributed by atoms with E-state index >= 15 is 0 Å². The van der Waals surface area contributed by atoms with Crippen molar-refractivity contribution >= 4 is 0 Å². The zero-order chi connectivity index (χ0) is 7.61. The van der Waals surface area contributed by atoms with Crippen molar-refractivity contribution in [1.29, 1.82) is 0 Å². The monoisotopic (exact) mass is 132 g/mol. The van der Waals surface area contributed by atoms with E-state index in [4.69, 9.17) is 0 Å². The highest BCUT2D eigenvalue weighted by Crippen LogP contribution is 2.19. The minimum Gasteiger partial charge on any atom is -0.0610 e. The van der Waals surface area contributed by atoms with Gasteiger partial charge in [-0.25, -0.2) is 0 Å². The molecular formula is C10H12. The Morgan fingerprint density at radius 2 is 1.60 bits per heavy atom. The first kappa shape index (κ1) is 7.33. The summed E-state index contributed by atoms with van der Waals surface area (Å²) in [4.78, 5) is 0. The second kappa shape index (κ2) is 2.45. The molecule has 2 radical (unpaired) electrons. The van der Waals surface area contributed by atoms with Crippen molar-refractivity contribution in [1.82, 2.24) is 0 Å². The largest absolute Gasteiger partial charge is 0.0610 e. The SMILES string of the molecule is CC(C)(C)c1[c]ccc[c]1. The standard InChI is InChI=1S/C10H12/c1-10(2,3)9-7-5-4-6-8-9/h4-6H,1-3H3. The highest BCUT2D eigenvalue weighted by Gasteiger charge is 2.12. The molecule has 0 saturated heterocycles. The molecule has 0 bridgehead atoms. The fourth-order valence-electron chi connectivity index (χ4n) is 0.786. The highest BCUT2D eigenvalue weighted by atomic mass is 14.2. The van der Waals surface area contributed by atoms with E-state index in [1.54, 1.807) is 0 Å². The lowest BCUT2D eigenvalue weighted by atomic mass is 9.87. The van der Waals surface area contributed by atoms with Crippen LogP contribution in [0.25, 0.3) is 0 Å². The molecule has 52 valence electrons. The minimum absolute atomic E-state index is 0.182. The summed E-state index contributed by atoms with van der Waals surface area (Å²) >= 11 is 0. The zero-order valence-electron chi connectivity index (χ0n) is 6.73. The summed E-state index contributed by atoms with van der Waals surface area (Å²) in [5.41, 5.74) is 1.33. The number of hydrogen-bond donors (Lipinski definition) is 0. The molecule has 0 heteroatoms. The van der Waals surface area contributed by atoms with E-state index in [0.29, 0.717) is 0 Å². The first-order valence-electron chi connectivity index (χ1n) is 3.49.